The molecule has 0 radical (unpaired) electrons. The summed E-state index contributed by atoms with van der Waals surface area (Å²) in [7, 11) is 1.52. The summed E-state index contributed by atoms with van der Waals surface area (Å²) >= 11 is 0. The average Bonchev–Trinajstić information content (AvgIpc) is 2.61. The lowest BCUT2D eigenvalue weighted by molar-refractivity contribution is 0.0696. The molecule has 7 heteroatoms. The topological polar surface area (TPSA) is 95.2 Å². The van der Waals surface area contributed by atoms with Crippen molar-refractivity contribution < 1.29 is 19.0 Å². The van der Waals surface area contributed by atoms with Gasteiger partial charge in [0.1, 0.15) is 18.2 Å². The number of ether oxygens (including phenoxy) is 1. The van der Waals surface area contributed by atoms with Crippen molar-refractivity contribution in [3.05, 3.63) is 52.7 Å². The van der Waals surface area contributed by atoms with Crippen LogP contribution in [0.4, 0.5) is 10.2 Å². The number of halogens is 1. The molecule has 0 aliphatic rings. The van der Waals surface area contributed by atoms with E-state index in [0.29, 0.717) is 16.9 Å². The molecule has 0 spiro atoms. The van der Waals surface area contributed by atoms with Gasteiger partial charge in [0.25, 0.3) is 0 Å². The largest absolute Gasteiger partial charge is 0.496 e. The number of nitrogens with one attached hydrogen (secondary N) is 1. The molecule has 6 nitrogen and oxygen atoms in total. The van der Waals surface area contributed by atoms with E-state index < -0.39 is 12.6 Å². The highest BCUT2D eigenvalue weighted by Gasteiger charge is 2.16. The molecular weight excluding hydrogens is 313 g/mol. The Balaban J connectivity index is 2.34. The van der Waals surface area contributed by atoms with E-state index in [4.69, 9.17) is 15.1 Å². The fourth-order valence-corrected chi connectivity index (χ4v) is 2.28. The molecule has 2 N–H and O–H groups in total. The summed E-state index contributed by atoms with van der Waals surface area (Å²) in [5, 5.41) is 21.0. The van der Waals surface area contributed by atoms with Gasteiger partial charge in [-0.25, -0.2) is 14.2 Å². The lowest BCUT2D eigenvalue weighted by atomic mass is 10.0. The molecule has 0 bridgehead atoms. The Morgan fingerprint density at radius 2 is 2.25 bits per heavy atom. The highest BCUT2D eigenvalue weighted by Crippen LogP contribution is 2.29. The van der Waals surface area contributed by atoms with Crippen LogP contribution >= 0.6 is 0 Å². The molecule has 24 heavy (non-hydrogen) atoms. The Labute approximate surface area is 138 Å². The fraction of sp³-hybridized carbons (Fsp3) is 0.235. The van der Waals surface area contributed by atoms with Crippen LogP contribution in [0.25, 0.3) is 0 Å². The fourth-order valence-electron chi connectivity index (χ4n) is 2.28. The van der Waals surface area contributed by atoms with Gasteiger partial charge in [-0.3, -0.25) is 0 Å². The van der Waals surface area contributed by atoms with Crippen molar-refractivity contribution in [1.82, 2.24) is 4.98 Å². The number of nitriles is 1. The van der Waals surface area contributed by atoms with E-state index in [0.717, 1.165) is 0 Å². The first-order valence-electron chi connectivity index (χ1n) is 7.13. The number of alkyl halides is 1. The third kappa shape index (κ3) is 3.60. The number of benzene rings is 1. The van der Waals surface area contributed by atoms with Crippen molar-refractivity contribution in [1.29, 1.82) is 5.26 Å². The van der Waals surface area contributed by atoms with Crippen LogP contribution in [0.3, 0.4) is 0 Å². The Bertz CT molecular complexity index is 802. The summed E-state index contributed by atoms with van der Waals surface area (Å²) in [5.74, 6) is -0.336. The molecule has 2 rings (SSSR count). The molecule has 0 saturated heterocycles. The van der Waals surface area contributed by atoms with Gasteiger partial charge in [0.05, 0.1) is 30.3 Å². The van der Waals surface area contributed by atoms with Gasteiger partial charge in [-0.2, -0.15) is 5.26 Å². The Hall–Kier alpha value is -3.14. The van der Waals surface area contributed by atoms with E-state index in [1.165, 1.54) is 19.4 Å². The number of methoxy groups -OCH3 is 1. The number of rotatable bonds is 6. The van der Waals surface area contributed by atoms with Crippen molar-refractivity contribution in [2.75, 3.05) is 12.4 Å². The van der Waals surface area contributed by atoms with Crippen LogP contribution in [0.1, 0.15) is 40.0 Å². The second-order valence-electron chi connectivity index (χ2n) is 5.11. The van der Waals surface area contributed by atoms with Gasteiger partial charge in [0.15, 0.2) is 0 Å². The average molecular weight is 329 g/mol. The first kappa shape index (κ1) is 17.2. The molecule has 1 atom stereocenters. The molecule has 1 aromatic heterocycles. The minimum atomic E-state index is -1.17. The van der Waals surface area contributed by atoms with Crippen LogP contribution in [0, 0.1) is 11.3 Å². The van der Waals surface area contributed by atoms with Gasteiger partial charge in [0.2, 0.25) is 0 Å². The summed E-state index contributed by atoms with van der Waals surface area (Å²) < 4.78 is 18.5. The summed E-state index contributed by atoms with van der Waals surface area (Å²) in [4.78, 5) is 14.9. The number of pyridine rings is 1. The third-order valence-corrected chi connectivity index (χ3v) is 3.54. The van der Waals surface area contributed by atoms with Crippen LogP contribution < -0.4 is 10.1 Å². The molecule has 0 aliphatic carbocycles. The van der Waals surface area contributed by atoms with E-state index >= 15 is 0 Å². The van der Waals surface area contributed by atoms with E-state index in [1.807, 2.05) is 6.92 Å². The summed E-state index contributed by atoms with van der Waals surface area (Å²) in [6.45, 7) is 0.965. The number of carboxylic acids is 1. The monoisotopic (exact) mass is 329 g/mol. The Morgan fingerprint density at radius 1 is 1.50 bits per heavy atom. The zero-order valence-corrected chi connectivity index (χ0v) is 13.2. The zero-order valence-electron chi connectivity index (χ0n) is 13.2. The van der Waals surface area contributed by atoms with Crippen LogP contribution in [-0.4, -0.2) is 23.2 Å². The van der Waals surface area contributed by atoms with Crippen molar-refractivity contribution >= 4 is 11.8 Å². The van der Waals surface area contributed by atoms with Gasteiger partial charge in [0, 0.05) is 17.3 Å². The minimum Gasteiger partial charge on any atom is -0.496 e. The number of aromatic carboxylic acids is 1. The van der Waals surface area contributed by atoms with Crippen molar-refractivity contribution in [3.63, 3.8) is 0 Å². The Morgan fingerprint density at radius 3 is 2.83 bits per heavy atom. The van der Waals surface area contributed by atoms with E-state index in [2.05, 4.69) is 16.4 Å². The third-order valence-electron chi connectivity index (χ3n) is 3.54. The summed E-state index contributed by atoms with van der Waals surface area (Å²) in [5.41, 5.74) is 1.26. The number of anilines is 1. The number of carbonyl (C=O) groups is 1. The maximum Gasteiger partial charge on any atom is 0.337 e. The highest BCUT2D eigenvalue weighted by molar-refractivity contribution is 5.87. The number of nitrogens with zero attached hydrogens (tertiary/aromatic N) is 2. The van der Waals surface area contributed by atoms with Crippen LogP contribution in [-0.2, 0) is 6.67 Å². The standard InChI is InChI=1S/C17H16FN3O3/c1-10(14-5-11(8-19)3-4-15(14)24-2)21-16-12(7-18)6-13(9-20-16)17(22)23/h3-6,9-10H,7H2,1-2H3,(H,20,21)(H,22,23)/t10-/m0/s1. The number of hydrogen-bond donors (Lipinski definition) is 2. The molecule has 0 fully saturated rings. The minimum absolute atomic E-state index is 0.0788. The van der Waals surface area contributed by atoms with Gasteiger partial charge in [-0.05, 0) is 31.2 Å². The lowest BCUT2D eigenvalue weighted by Crippen LogP contribution is -2.12. The van der Waals surface area contributed by atoms with E-state index in [1.54, 1.807) is 18.2 Å². The van der Waals surface area contributed by atoms with Crippen molar-refractivity contribution in [3.8, 4) is 11.8 Å². The maximum atomic E-state index is 13.2. The molecule has 124 valence electrons. The molecule has 0 aliphatic heterocycles. The van der Waals surface area contributed by atoms with E-state index in [9.17, 15) is 9.18 Å². The summed E-state index contributed by atoms with van der Waals surface area (Å²) in [6, 6.07) is 7.97. The van der Waals surface area contributed by atoms with Crippen molar-refractivity contribution in [2.24, 2.45) is 0 Å². The molecule has 0 saturated carbocycles. The second-order valence-corrected chi connectivity index (χ2v) is 5.11. The predicted octanol–water partition coefficient (Wildman–Crippen LogP) is 3.30. The molecule has 1 aromatic carbocycles. The second kappa shape index (κ2) is 7.42. The molecule has 0 amide bonds. The SMILES string of the molecule is COc1ccc(C#N)cc1[C@H](C)Nc1ncc(C(=O)O)cc1CF. The van der Waals surface area contributed by atoms with Crippen LogP contribution in [0.5, 0.6) is 5.75 Å². The van der Waals surface area contributed by atoms with Gasteiger partial charge in [-0.15, -0.1) is 0 Å². The van der Waals surface area contributed by atoms with Gasteiger partial charge >= 0.3 is 5.97 Å². The molecule has 1 heterocycles. The quantitative estimate of drug-likeness (QED) is 0.844. The molecule has 0 unspecified atom stereocenters. The lowest BCUT2D eigenvalue weighted by Gasteiger charge is -2.19. The first-order valence-corrected chi connectivity index (χ1v) is 7.13. The van der Waals surface area contributed by atoms with Gasteiger partial charge in [-0.1, -0.05) is 0 Å². The van der Waals surface area contributed by atoms with Crippen LogP contribution in [0.2, 0.25) is 0 Å². The first-order chi connectivity index (χ1) is 11.5. The number of hydrogen-bond acceptors (Lipinski definition) is 5. The molecule has 2 aromatic rings. The Kier molecular flexibility index (Phi) is 5.32. The maximum absolute atomic E-state index is 13.2. The van der Waals surface area contributed by atoms with E-state index in [-0.39, 0.29) is 23.0 Å². The highest BCUT2D eigenvalue weighted by atomic mass is 19.1. The molecular formula is C17H16FN3O3. The van der Waals surface area contributed by atoms with Crippen molar-refractivity contribution in [2.45, 2.75) is 19.6 Å². The van der Waals surface area contributed by atoms with Gasteiger partial charge < -0.3 is 15.2 Å². The zero-order chi connectivity index (χ0) is 17.7. The summed E-state index contributed by atoms with van der Waals surface area (Å²) in [6.07, 6.45) is 1.17. The number of carboxylic acid groups (broad SMARTS) is 1. The van der Waals surface area contributed by atoms with Crippen LogP contribution in [0.15, 0.2) is 30.5 Å². The number of aromatic nitrogens is 1. The smallest absolute Gasteiger partial charge is 0.337 e. The normalized spacial score (nSPS) is 11.4. The predicted molar refractivity (Wildman–Crippen MR) is 85.8 cm³/mol.